The lowest BCUT2D eigenvalue weighted by molar-refractivity contribution is -0.697. The van der Waals surface area contributed by atoms with Gasteiger partial charge >= 0.3 is 0 Å². The van der Waals surface area contributed by atoms with Gasteiger partial charge in [-0.15, -0.1) is 0 Å². The number of aromatic nitrogens is 1. The van der Waals surface area contributed by atoms with E-state index in [9.17, 15) is 5.11 Å². The van der Waals surface area contributed by atoms with E-state index in [-0.39, 0.29) is 17.0 Å². The number of nitrogens with zero attached hydrogens (tertiary/aromatic N) is 1. The van der Waals surface area contributed by atoms with E-state index < -0.39 is 0 Å². The fraction of sp³-hybridized carbons (Fsp3) is 0.667. The predicted molar refractivity (Wildman–Crippen MR) is 70.9 cm³/mol. The van der Waals surface area contributed by atoms with Crippen LogP contribution in [0.4, 0.5) is 0 Å². The Labute approximate surface area is 122 Å². The smallest absolute Gasteiger partial charge is 0.210 e. The standard InChI is InChI=1S/C15H25NO.BrH/c1-2-3-4-5-6-7-8-9-12-16-13-10-11-15(17)14-16;/h10-11,13-14H,2-9,12H2,1H3;1H. The Morgan fingerprint density at radius 1 is 1.00 bits per heavy atom. The van der Waals surface area contributed by atoms with Crippen molar-refractivity contribution in [1.82, 2.24) is 0 Å². The highest BCUT2D eigenvalue weighted by molar-refractivity contribution is 5.09. The predicted octanol–water partition coefficient (Wildman–Crippen LogP) is 0.824. The summed E-state index contributed by atoms with van der Waals surface area (Å²) in [6, 6.07) is 3.60. The van der Waals surface area contributed by atoms with Crippen LogP contribution >= 0.6 is 0 Å². The minimum atomic E-state index is 0. The summed E-state index contributed by atoms with van der Waals surface area (Å²) in [6.45, 7) is 3.27. The highest BCUT2D eigenvalue weighted by Crippen LogP contribution is 2.08. The lowest BCUT2D eigenvalue weighted by atomic mass is 10.1. The molecule has 0 saturated heterocycles. The molecule has 0 spiro atoms. The summed E-state index contributed by atoms with van der Waals surface area (Å²) in [5.41, 5.74) is 0. The Morgan fingerprint density at radius 3 is 2.22 bits per heavy atom. The van der Waals surface area contributed by atoms with Crippen molar-refractivity contribution in [3.05, 3.63) is 24.5 Å². The normalized spacial score (nSPS) is 10.1. The van der Waals surface area contributed by atoms with E-state index in [1.807, 2.05) is 12.3 Å². The highest BCUT2D eigenvalue weighted by Gasteiger charge is 2.00. The second-order valence-electron chi connectivity index (χ2n) is 4.77. The van der Waals surface area contributed by atoms with Gasteiger partial charge in [0.1, 0.15) is 6.54 Å². The molecule has 0 aliphatic heterocycles. The van der Waals surface area contributed by atoms with Crippen LogP contribution in [-0.2, 0) is 6.54 Å². The maximum atomic E-state index is 9.32. The van der Waals surface area contributed by atoms with Gasteiger partial charge in [-0.1, -0.05) is 45.4 Å². The minimum Gasteiger partial charge on any atom is -1.00 e. The molecule has 1 aromatic rings. The molecule has 0 aliphatic rings. The Morgan fingerprint density at radius 2 is 1.61 bits per heavy atom. The number of hydrogen-bond acceptors (Lipinski definition) is 1. The molecule has 3 heteroatoms. The van der Waals surface area contributed by atoms with Crippen molar-refractivity contribution in [1.29, 1.82) is 0 Å². The summed E-state index contributed by atoms with van der Waals surface area (Å²) in [5.74, 6) is 0.354. The van der Waals surface area contributed by atoms with E-state index in [0.717, 1.165) is 6.54 Å². The van der Waals surface area contributed by atoms with E-state index in [1.54, 1.807) is 12.3 Å². The van der Waals surface area contributed by atoms with Crippen molar-refractivity contribution < 1.29 is 26.7 Å². The lowest BCUT2D eigenvalue weighted by Gasteiger charge is -2.00. The summed E-state index contributed by atoms with van der Waals surface area (Å²) in [5, 5.41) is 9.32. The van der Waals surface area contributed by atoms with Crippen LogP contribution in [0.15, 0.2) is 24.5 Å². The number of halogens is 1. The van der Waals surface area contributed by atoms with Gasteiger partial charge in [-0.3, -0.25) is 0 Å². The number of unbranched alkanes of at least 4 members (excludes halogenated alkanes) is 7. The van der Waals surface area contributed by atoms with Crippen molar-refractivity contribution >= 4 is 0 Å². The molecule has 0 amide bonds. The largest absolute Gasteiger partial charge is 1.00 e. The van der Waals surface area contributed by atoms with E-state index in [1.165, 1.54) is 51.4 Å². The van der Waals surface area contributed by atoms with Gasteiger partial charge in [-0.05, 0) is 12.5 Å². The number of rotatable bonds is 9. The van der Waals surface area contributed by atoms with E-state index in [0.29, 0.717) is 5.75 Å². The molecule has 1 aromatic heterocycles. The van der Waals surface area contributed by atoms with Gasteiger partial charge in [0.05, 0.1) is 0 Å². The summed E-state index contributed by atoms with van der Waals surface area (Å²) >= 11 is 0. The molecule has 2 nitrogen and oxygen atoms in total. The highest BCUT2D eigenvalue weighted by atomic mass is 79.9. The van der Waals surface area contributed by atoms with Gasteiger partial charge in [0, 0.05) is 12.5 Å². The topological polar surface area (TPSA) is 24.1 Å². The third-order valence-electron chi connectivity index (χ3n) is 3.11. The zero-order valence-corrected chi connectivity index (χ0v) is 13.0. The molecule has 0 atom stereocenters. The first-order valence-corrected chi connectivity index (χ1v) is 7.01. The van der Waals surface area contributed by atoms with Crippen molar-refractivity contribution in [2.45, 2.75) is 64.8 Å². The van der Waals surface area contributed by atoms with Gasteiger partial charge in [-0.25, -0.2) is 4.57 Å². The molecule has 0 bridgehead atoms. The number of aryl methyl sites for hydroxylation is 1. The molecule has 104 valence electrons. The van der Waals surface area contributed by atoms with Crippen LogP contribution in [0, 0.1) is 0 Å². The Balaban J connectivity index is 0.00000289. The third-order valence-corrected chi connectivity index (χ3v) is 3.11. The number of aromatic hydroxyl groups is 1. The van der Waals surface area contributed by atoms with Gasteiger partial charge < -0.3 is 22.1 Å². The molecule has 1 N–H and O–H groups in total. The molecule has 0 fully saturated rings. The SMILES string of the molecule is CCCCCCCCCC[n+]1cccc(O)c1.[Br-]. The van der Waals surface area contributed by atoms with Crippen molar-refractivity contribution in [3.8, 4) is 5.75 Å². The molecule has 0 aromatic carbocycles. The van der Waals surface area contributed by atoms with Crippen LogP contribution in [0.5, 0.6) is 5.75 Å². The van der Waals surface area contributed by atoms with Crippen LogP contribution in [-0.4, -0.2) is 5.11 Å². The summed E-state index contributed by atoms with van der Waals surface area (Å²) in [7, 11) is 0. The van der Waals surface area contributed by atoms with E-state index >= 15 is 0 Å². The van der Waals surface area contributed by atoms with E-state index in [4.69, 9.17) is 0 Å². The van der Waals surface area contributed by atoms with Crippen molar-refractivity contribution in [3.63, 3.8) is 0 Å². The summed E-state index contributed by atoms with van der Waals surface area (Å²) < 4.78 is 2.06. The minimum absolute atomic E-state index is 0. The molecular weight excluding hydrogens is 290 g/mol. The zero-order valence-electron chi connectivity index (χ0n) is 11.4. The first-order chi connectivity index (χ1) is 8.33. The molecule has 0 saturated carbocycles. The fourth-order valence-electron chi connectivity index (χ4n) is 2.08. The van der Waals surface area contributed by atoms with Crippen LogP contribution in [0.1, 0.15) is 58.3 Å². The molecule has 0 radical (unpaired) electrons. The zero-order chi connectivity index (χ0) is 12.3. The Kier molecular flexibility index (Phi) is 11.2. The maximum Gasteiger partial charge on any atom is 0.210 e. The molecule has 0 aliphatic carbocycles. The van der Waals surface area contributed by atoms with Gasteiger partial charge in [-0.2, -0.15) is 0 Å². The van der Waals surface area contributed by atoms with Gasteiger partial charge in [0.15, 0.2) is 11.9 Å². The Hall–Kier alpha value is -0.570. The number of pyridine rings is 1. The van der Waals surface area contributed by atoms with Crippen molar-refractivity contribution in [2.24, 2.45) is 0 Å². The molecule has 0 unspecified atom stereocenters. The van der Waals surface area contributed by atoms with Crippen molar-refractivity contribution in [2.75, 3.05) is 0 Å². The van der Waals surface area contributed by atoms with Gasteiger partial charge in [0.2, 0.25) is 6.20 Å². The van der Waals surface area contributed by atoms with E-state index in [2.05, 4.69) is 11.5 Å². The first kappa shape index (κ1) is 17.4. The van der Waals surface area contributed by atoms with Crippen LogP contribution in [0.2, 0.25) is 0 Å². The molecule has 1 heterocycles. The van der Waals surface area contributed by atoms with Crippen LogP contribution < -0.4 is 21.5 Å². The Bertz CT molecular complexity index is 304. The number of hydrogen-bond donors (Lipinski definition) is 1. The van der Waals surface area contributed by atoms with Gasteiger partial charge in [0.25, 0.3) is 0 Å². The molecular formula is C15H26BrNO. The molecule has 1 rings (SSSR count). The maximum absolute atomic E-state index is 9.32. The average molecular weight is 316 g/mol. The molecule has 18 heavy (non-hydrogen) atoms. The third kappa shape index (κ3) is 8.51. The van der Waals surface area contributed by atoms with Crippen LogP contribution in [0.3, 0.4) is 0 Å². The summed E-state index contributed by atoms with van der Waals surface area (Å²) in [6.07, 6.45) is 14.6. The lowest BCUT2D eigenvalue weighted by Crippen LogP contribution is -3.00. The van der Waals surface area contributed by atoms with Crippen LogP contribution in [0.25, 0.3) is 0 Å². The second-order valence-corrected chi connectivity index (χ2v) is 4.77. The fourth-order valence-corrected chi connectivity index (χ4v) is 2.08. The average Bonchev–Trinajstić information content (AvgIpc) is 2.33. The first-order valence-electron chi connectivity index (χ1n) is 7.01. The monoisotopic (exact) mass is 315 g/mol. The quantitative estimate of drug-likeness (QED) is 0.529. The summed E-state index contributed by atoms with van der Waals surface area (Å²) in [4.78, 5) is 0. The second kappa shape index (κ2) is 11.5.